The Hall–Kier alpha value is -3.90. The fraction of sp³-hybridized carbons (Fsp3) is 0.316. The molecule has 0 saturated heterocycles. The van der Waals surface area contributed by atoms with Crippen LogP contribution in [0.1, 0.15) is 44.6 Å². The van der Waals surface area contributed by atoms with Gasteiger partial charge in [-0.3, -0.25) is 14.9 Å². The molecule has 1 amide bonds. The summed E-state index contributed by atoms with van der Waals surface area (Å²) in [6.07, 6.45) is -4.98. The van der Waals surface area contributed by atoms with Gasteiger partial charge in [0.2, 0.25) is 0 Å². The molecule has 0 fully saturated rings. The van der Waals surface area contributed by atoms with Crippen LogP contribution in [0.2, 0.25) is 0 Å². The standard InChI is InChI=1S/C19H18F3N3O7/c1-4-31-18(28)16-9(2)15(10(3)23-16)17(27)32-8-14(26)24-13-6-5-11(25(29)30)7-12(13)19(20,21)22/h5-7,23H,4,8H2,1-3H3,(H,24,26). The zero-order valence-electron chi connectivity index (χ0n) is 17.1. The van der Waals surface area contributed by atoms with Crippen molar-refractivity contribution >= 4 is 29.2 Å². The zero-order chi connectivity index (χ0) is 24.2. The van der Waals surface area contributed by atoms with Crippen molar-refractivity contribution in [2.75, 3.05) is 18.5 Å². The Morgan fingerprint density at radius 2 is 1.81 bits per heavy atom. The average Bonchev–Trinajstić information content (AvgIpc) is 3.00. The Morgan fingerprint density at radius 3 is 2.38 bits per heavy atom. The monoisotopic (exact) mass is 457 g/mol. The summed E-state index contributed by atoms with van der Waals surface area (Å²) in [5, 5.41) is 12.6. The van der Waals surface area contributed by atoms with E-state index in [0.717, 1.165) is 12.1 Å². The van der Waals surface area contributed by atoms with Crippen molar-refractivity contribution in [1.29, 1.82) is 0 Å². The number of carbonyl (C=O) groups is 3. The molecule has 0 saturated carbocycles. The number of H-pyrrole nitrogens is 1. The number of esters is 2. The molecular weight excluding hydrogens is 439 g/mol. The second-order valence-electron chi connectivity index (χ2n) is 6.45. The Balaban J connectivity index is 2.14. The number of amides is 1. The van der Waals surface area contributed by atoms with Crippen LogP contribution >= 0.6 is 0 Å². The van der Waals surface area contributed by atoms with Gasteiger partial charge in [-0.1, -0.05) is 0 Å². The highest BCUT2D eigenvalue weighted by molar-refractivity contribution is 6.00. The number of hydrogen-bond acceptors (Lipinski definition) is 7. The van der Waals surface area contributed by atoms with Crippen LogP contribution in [0.4, 0.5) is 24.5 Å². The summed E-state index contributed by atoms with van der Waals surface area (Å²) in [5.74, 6) is -2.78. The number of nitrogens with one attached hydrogen (secondary N) is 2. The molecule has 2 aromatic rings. The maximum atomic E-state index is 13.2. The largest absolute Gasteiger partial charge is 0.461 e. The van der Waals surface area contributed by atoms with Crippen LogP contribution in [0, 0.1) is 24.0 Å². The molecule has 0 atom stereocenters. The lowest BCUT2D eigenvalue weighted by Gasteiger charge is -2.13. The molecule has 0 aliphatic carbocycles. The Kier molecular flexibility index (Phi) is 7.23. The van der Waals surface area contributed by atoms with Gasteiger partial charge in [0.25, 0.3) is 11.6 Å². The summed E-state index contributed by atoms with van der Waals surface area (Å²) in [4.78, 5) is 48.7. The minimum atomic E-state index is -4.98. The number of anilines is 1. The van der Waals surface area contributed by atoms with E-state index in [4.69, 9.17) is 9.47 Å². The fourth-order valence-electron chi connectivity index (χ4n) is 2.84. The molecule has 1 aromatic carbocycles. The quantitative estimate of drug-likeness (QED) is 0.368. The predicted octanol–water partition coefficient (Wildman–Crippen LogP) is 3.53. The number of nitrogens with zero attached hydrogens (tertiary/aromatic N) is 1. The summed E-state index contributed by atoms with van der Waals surface area (Å²) in [5.41, 5.74) is -2.47. The second-order valence-corrected chi connectivity index (χ2v) is 6.45. The van der Waals surface area contributed by atoms with Crippen LogP contribution in [0.5, 0.6) is 0 Å². The summed E-state index contributed by atoms with van der Waals surface area (Å²) in [7, 11) is 0. The number of benzene rings is 1. The number of aryl methyl sites for hydroxylation is 1. The fourth-order valence-corrected chi connectivity index (χ4v) is 2.84. The van der Waals surface area contributed by atoms with Crippen LogP contribution < -0.4 is 5.32 Å². The minimum Gasteiger partial charge on any atom is -0.461 e. The van der Waals surface area contributed by atoms with Gasteiger partial charge in [-0.15, -0.1) is 0 Å². The van der Waals surface area contributed by atoms with E-state index >= 15 is 0 Å². The Morgan fingerprint density at radius 1 is 1.16 bits per heavy atom. The zero-order valence-corrected chi connectivity index (χ0v) is 17.1. The van der Waals surface area contributed by atoms with Crippen LogP contribution in [0.25, 0.3) is 0 Å². The third kappa shape index (κ3) is 5.42. The van der Waals surface area contributed by atoms with E-state index in [-0.39, 0.29) is 35.2 Å². The number of nitro benzene ring substituents is 1. The van der Waals surface area contributed by atoms with Gasteiger partial charge >= 0.3 is 18.1 Å². The van der Waals surface area contributed by atoms with Gasteiger partial charge in [0.15, 0.2) is 6.61 Å². The van der Waals surface area contributed by atoms with E-state index in [1.165, 1.54) is 13.8 Å². The number of ether oxygens (including phenoxy) is 2. The van der Waals surface area contributed by atoms with Gasteiger partial charge in [-0.2, -0.15) is 13.2 Å². The third-order valence-electron chi connectivity index (χ3n) is 4.25. The van der Waals surface area contributed by atoms with E-state index in [2.05, 4.69) is 4.98 Å². The predicted molar refractivity (Wildman–Crippen MR) is 103 cm³/mol. The number of nitro groups is 1. The molecule has 0 spiro atoms. The topological polar surface area (TPSA) is 141 Å². The summed E-state index contributed by atoms with van der Waals surface area (Å²) in [6.45, 7) is 3.72. The first-order valence-corrected chi connectivity index (χ1v) is 9.05. The number of aromatic nitrogens is 1. The van der Waals surface area contributed by atoms with E-state index in [0.29, 0.717) is 0 Å². The van der Waals surface area contributed by atoms with Crippen molar-refractivity contribution in [2.24, 2.45) is 0 Å². The Bertz CT molecular complexity index is 1080. The first-order valence-electron chi connectivity index (χ1n) is 9.05. The van der Waals surface area contributed by atoms with Gasteiger partial charge in [0.1, 0.15) is 5.69 Å². The maximum absolute atomic E-state index is 13.2. The highest BCUT2D eigenvalue weighted by atomic mass is 19.4. The molecule has 10 nitrogen and oxygen atoms in total. The molecular formula is C19H18F3N3O7. The number of alkyl halides is 3. The number of non-ortho nitro benzene ring substituents is 1. The lowest BCUT2D eigenvalue weighted by molar-refractivity contribution is -0.385. The molecule has 13 heteroatoms. The number of rotatable bonds is 7. The lowest BCUT2D eigenvalue weighted by atomic mass is 10.1. The minimum absolute atomic E-state index is 0.0211. The number of halogens is 3. The first kappa shape index (κ1) is 24.4. The second kappa shape index (κ2) is 9.49. The molecule has 0 aliphatic rings. The van der Waals surface area contributed by atoms with Crippen molar-refractivity contribution in [1.82, 2.24) is 4.98 Å². The number of aromatic amines is 1. The summed E-state index contributed by atoms with van der Waals surface area (Å²) < 4.78 is 49.3. The van der Waals surface area contributed by atoms with Crippen molar-refractivity contribution in [2.45, 2.75) is 26.9 Å². The van der Waals surface area contributed by atoms with Crippen molar-refractivity contribution in [3.8, 4) is 0 Å². The lowest BCUT2D eigenvalue weighted by Crippen LogP contribution is -2.23. The molecule has 2 N–H and O–H groups in total. The average molecular weight is 457 g/mol. The highest BCUT2D eigenvalue weighted by Crippen LogP contribution is 2.37. The van der Waals surface area contributed by atoms with Crippen LogP contribution in [-0.4, -0.2) is 41.0 Å². The van der Waals surface area contributed by atoms with Gasteiger partial charge in [-0.25, -0.2) is 9.59 Å². The van der Waals surface area contributed by atoms with Crippen molar-refractivity contribution < 1.29 is 42.0 Å². The molecule has 2 rings (SSSR count). The van der Waals surface area contributed by atoms with Crippen LogP contribution in [-0.2, 0) is 20.4 Å². The van der Waals surface area contributed by atoms with Crippen molar-refractivity contribution in [3.63, 3.8) is 0 Å². The van der Waals surface area contributed by atoms with Crippen LogP contribution in [0.15, 0.2) is 18.2 Å². The number of carbonyl (C=O) groups excluding carboxylic acids is 3. The van der Waals surface area contributed by atoms with Gasteiger partial charge in [0, 0.05) is 17.8 Å². The van der Waals surface area contributed by atoms with Gasteiger partial charge < -0.3 is 19.8 Å². The van der Waals surface area contributed by atoms with E-state index < -0.39 is 52.5 Å². The molecule has 0 radical (unpaired) electrons. The van der Waals surface area contributed by atoms with E-state index in [1.54, 1.807) is 6.92 Å². The molecule has 0 aliphatic heterocycles. The Labute approximate surface area is 178 Å². The molecule has 172 valence electrons. The van der Waals surface area contributed by atoms with Gasteiger partial charge in [-0.05, 0) is 32.4 Å². The highest BCUT2D eigenvalue weighted by Gasteiger charge is 2.35. The molecule has 0 unspecified atom stereocenters. The maximum Gasteiger partial charge on any atom is 0.418 e. The summed E-state index contributed by atoms with van der Waals surface area (Å²) in [6, 6.07) is 1.80. The van der Waals surface area contributed by atoms with E-state index in [9.17, 15) is 37.7 Å². The smallest absolute Gasteiger partial charge is 0.418 e. The molecule has 1 aromatic heterocycles. The number of hydrogen-bond donors (Lipinski definition) is 2. The van der Waals surface area contributed by atoms with Gasteiger partial charge in [0.05, 0.1) is 28.3 Å². The van der Waals surface area contributed by atoms with Crippen LogP contribution in [0.3, 0.4) is 0 Å². The first-order chi connectivity index (χ1) is 14.9. The van der Waals surface area contributed by atoms with E-state index in [1.807, 2.05) is 5.32 Å². The molecule has 0 bridgehead atoms. The normalized spacial score (nSPS) is 11.1. The summed E-state index contributed by atoms with van der Waals surface area (Å²) >= 11 is 0. The molecule has 32 heavy (non-hydrogen) atoms. The SMILES string of the molecule is CCOC(=O)c1[nH]c(C)c(C(=O)OCC(=O)Nc2ccc([N+](=O)[O-])cc2C(F)(F)F)c1C. The third-order valence-corrected chi connectivity index (χ3v) is 4.25. The molecule has 1 heterocycles. The van der Waals surface area contributed by atoms with Crippen molar-refractivity contribution in [3.05, 3.63) is 56.4 Å².